The second-order valence-electron chi connectivity index (χ2n) is 3.64. The summed E-state index contributed by atoms with van der Waals surface area (Å²) in [6, 6.07) is 2.82. The number of hydrogen-bond acceptors (Lipinski definition) is 3. The molecule has 80 valence electrons. The highest BCUT2D eigenvalue weighted by Crippen LogP contribution is 2.25. The summed E-state index contributed by atoms with van der Waals surface area (Å²) >= 11 is 0. The molecule has 0 radical (unpaired) electrons. The summed E-state index contributed by atoms with van der Waals surface area (Å²) in [5.74, 6) is -1.01. The maximum Gasteiger partial charge on any atom is 0.190 e. The number of phenolic OH excluding ortho intramolecular Hbond substituents is 1. The van der Waals surface area contributed by atoms with Crippen molar-refractivity contribution >= 4 is 10.9 Å². The predicted molar refractivity (Wildman–Crippen MR) is 55.0 cm³/mol. The van der Waals surface area contributed by atoms with Gasteiger partial charge in [0.15, 0.2) is 11.6 Å². The lowest BCUT2D eigenvalue weighted by atomic mass is 10.2. The molecule has 4 nitrogen and oxygen atoms in total. The Balaban J connectivity index is 2.61. The first-order valence-electron chi connectivity index (χ1n) is 4.68. The molecule has 0 fully saturated rings. The van der Waals surface area contributed by atoms with Crippen LogP contribution in [0.1, 0.15) is 6.92 Å². The number of benzene rings is 1. The fourth-order valence-corrected chi connectivity index (χ4v) is 1.54. The number of nitrogens with two attached hydrogens (primary N) is 1. The number of phenols is 1. The first kappa shape index (κ1) is 9.92. The maximum absolute atomic E-state index is 13.6. The summed E-state index contributed by atoms with van der Waals surface area (Å²) in [4.78, 5) is 0. The second kappa shape index (κ2) is 3.51. The third kappa shape index (κ3) is 1.66. The van der Waals surface area contributed by atoms with E-state index in [9.17, 15) is 9.50 Å². The van der Waals surface area contributed by atoms with Crippen LogP contribution in [0.25, 0.3) is 10.9 Å². The van der Waals surface area contributed by atoms with E-state index in [0.29, 0.717) is 17.4 Å². The van der Waals surface area contributed by atoms with Crippen molar-refractivity contribution in [1.82, 2.24) is 9.78 Å². The van der Waals surface area contributed by atoms with Crippen molar-refractivity contribution in [2.24, 2.45) is 5.73 Å². The van der Waals surface area contributed by atoms with Crippen molar-refractivity contribution in [3.8, 4) is 5.75 Å². The number of aromatic nitrogens is 2. The minimum Gasteiger partial charge on any atom is -0.505 e. The molecule has 1 heterocycles. The third-order valence-electron chi connectivity index (χ3n) is 2.18. The Morgan fingerprint density at radius 1 is 1.60 bits per heavy atom. The topological polar surface area (TPSA) is 64.1 Å². The van der Waals surface area contributed by atoms with Gasteiger partial charge < -0.3 is 10.8 Å². The Morgan fingerprint density at radius 2 is 2.33 bits per heavy atom. The summed E-state index contributed by atoms with van der Waals surface area (Å²) in [6.07, 6.45) is 1.56. The highest BCUT2D eigenvalue weighted by atomic mass is 19.1. The van der Waals surface area contributed by atoms with Gasteiger partial charge >= 0.3 is 0 Å². The molecule has 0 aliphatic heterocycles. The van der Waals surface area contributed by atoms with Crippen LogP contribution in [0.4, 0.5) is 4.39 Å². The van der Waals surface area contributed by atoms with E-state index in [1.165, 1.54) is 10.7 Å². The number of rotatable bonds is 2. The van der Waals surface area contributed by atoms with E-state index in [4.69, 9.17) is 5.73 Å². The van der Waals surface area contributed by atoms with Crippen molar-refractivity contribution in [1.29, 1.82) is 0 Å². The van der Waals surface area contributed by atoms with E-state index < -0.39 is 5.82 Å². The van der Waals surface area contributed by atoms with Gasteiger partial charge in [0.1, 0.15) is 5.52 Å². The number of nitrogens with zero attached hydrogens (tertiary/aromatic N) is 2. The van der Waals surface area contributed by atoms with Crippen LogP contribution in [0, 0.1) is 5.82 Å². The molecule has 15 heavy (non-hydrogen) atoms. The lowest BCUT2D eigenvalue weighted by Gasteiger charge is -2.07. The van der Waals surface area contributed by atoms with Gasteiger partial charge in [-0.2, -0.15) is 5.10 Å². The molecule has 5 heteroatoms. The van der Waals surface area contributed by atoms with Gasteiger partial charge in [0.2, 0.25) is 0 Å². The molecule has 0 amide bonds. The third-order valence-corrected chi connectivity index (χ3v) is 2.18. The van der Waals surface area contributed by atoms with Crippen LogP contribution in [0.15, 0.2) is 18.3 Å². The Labute approximate surface area is 86.1 Å². The van der Waals surface area contributed by atoms with Gasteiger partial charge in [0.25, 0.3) is 0 Å². The molecule has 1 aromatic carbocycles. The standard InChI is InChI=1S/C10H12FN3O/c1-6(12)5-14-10-7(4-13-14)2-3-8(15)9(10)11/h2-4,6,15H,5,12H2,1H3/t6-/m0/s1. The number of fused-ring (bicyclic) bond motifs is 1. The van der Waals surface area contributed by atoms with E-state index in [1.54, 1.807) is 12.3 Å². The predicted octanol–water partition coefficient (Wildman–Crippen LogP) is 1.23. The molecule has 0 unspecified atom stereocenters. The zero-order valence-electron chi connectivity index (χ0n) is 8.31. The number of aromatic hydroxyl groups is 1. The minimum absolute atomic E-state index is 0.116. The first-order valence-corrected chi connectivity index (χ1v) is 4.68. The van der Waals surface area contributed by atoms with Crippen LogP contribution < -0.4 is 5.73 Å². The highest BCUT2D eigenvalue weighted by Gasteiger charge is 2.12. The molecule has 0 saturated heterocycles. The normalized spacial score (nSPS) is 13.3. The fourth-order valence-electron chi connectivity index (χ4n) is 1.54. The highest BCUT2D eigenvalue weighted by molar-refractivity contribution is 5.80. The maximum atomic E-state index is 13.6. The van der Waals surface area contributed by atoms with E-state index in [-0.39, 0.29) is 11.8 Å². The molecule has 1 atom stereocenters. The molecule has 0 spiro atoms. The first-order chi connectivity index (χ1) is 7.09. The zero-order chi connectivity index (χ0) is 11.0. The number of hydrogen-bond donors (Lipinski definition) is 2. The van der Waals surface area contributed by atoms with Crippen LogP contribution in [0.5, 0.6) is 5.75 Å². The molecule has 0 saturated carbocycles. The van der Waals surface area contributed by atoms with Gasteiger partial charge in [0, 0.05) is 11.4 Å². The van der Waals surface area contributed by atoms with E-state index in [0.717, 1.165) is 0 Å². The van der Waals surface area contributed by atoms with Crippen LogP contribution >= 0.6 is 0 Å². The lowest BCUT2D eigenvalue weighted by molar-refractivity contribution is 0.432. The van der Waals surface area contributed by atoms with Crippen molar-refractivity contribution in [2.45, 2.75) is 19.5 Å². The van der Waals surface area contributed by atoms with Gasteiger partial charge in [-0.05, 0) is 19.1 Å². The van der Waals surface area contributed by atoms with Crippen molar-refractivity contribution in [3.05, 3.63) is 24.1 Å². The summed E-state index contributed by atoms with van der Waals surface area (Å²) in [6.45, 7) is 2.23. The Kier molecular flexibility index (Phi) is 2.32. The van der Waals surface area contributed by atoms with Crippen LogP contribution in [-0.4, -0.2) is 20.9 Å². The quantitative estimate of drug-likeness (QED) is 0.781. The van der Waals surface area contributed by atoms with E-state index in [1.807, 2.05) is 6.92 Å². The van der Waals surface area contributed by atoms with Gasteiger partial charge in [-0.3, -0.25) is 4.68 Å². The average Bonchev–Trinajstić information content (AvgIpc) is 2.55. The van der Waals surface area contributed by atoms with Crippen molar-refractivity contribution < 1.29 is 9.50 Å². The number of halogens is 1. The van der Waals surface area contributed by atoms with Gasteiger partial charge in [-0.15, -0.1) is 0 Å². The monoisotopic (exact) mass is 209 g/mol. The molecule has 1 aromatic heterocycles. The lowest BCUT2D eigenvalue weighted by Crippen LogP contribution is -2.22. The van der Waals surface area contributed by atoms with E-state index in [2.05, 4.69) is 5.10 Å². The average molecular weight is 209 g/mol. The SMILES string of the molecule is C[C@H](N)Cn1ncc2ccc(O)c(F)c21. The van der Waals surface area contributed by atoms with Crippen LogP contribution in [0.3, 0.4) is 0 Å². The summed E-state index contributed by atoms with van der Waals surface area (Å²) in [7, 11) is 0. The smallest absolute Gasteiger partial charge is 0.190 e. The largest absolute Gasteiger partial charge is 0.505 e. The molecule has 0 bridgehead atoms. The summed E-state index contributed by atoms with van der Waals surface area (Å²) < 4.78 is 15.1. The van der Waals surface area contributed by atoms with Gasteiger partial charge in [0.05, 0.1) is 12.7 Å². The second-order valence-corrected chi connectivity index (χ2v) is 3.64. The molecular weight excluding hydrogens is 197 g/mol. The van der Waals surface area contributed by atoms with Gasteiger partial charge in [-0.25, -0.2) is 4.39 Å². The molecule has 2 rings (SSSR count). The van der Waals surface area contributed by atoms with E-state index >= 15 is 0 Å². The Bertz CT molecular complexity index is 493. The summed E-state index contributed by atoms with van der Waals surface area (Å²) in [5, 5.41) is 13.9. The molecular formula is C10H12FN3O. The zero-order valence-corrected chi connectivity index (χ0v) is 8.31. The van der Waals surface area contributed by atoms with Crippen molar-refractivity contribution in [3.63, 3.8) is 0 Å². The van der Waals surface area contributed by atoms with Gasteiger partial charge in [-0.1, -0.05) is 0 Å². The fraction of sp³-hybridized carbons (Fsp3) is 0.300. The molecule has 0 aliphatic rings. The van der Waals surface area contributed by atoms with Crippen LogP contribution in [-0.2, 0) is 6.54 Å². The van der Waals surface area contributed by atoms with Crippen molar-refractivity contribution in [2.75, 3.05) is 0 Å². The minimum atomic E-state index is -0.648. The molecule has 0 aliphatic carbocycles. The van der Waals surface area contributed by atoms with Crippen LogP contribution in [0.2, 0.25) is 0 Å². The summed E-state index contributed by atoms with van der Waals surface area (Å²) in [5.41, 5.74) is 5.92. The Hall–Kier alpha value is -1.62. The molecule has 3 N–H and O–H groups in total. The Morgan fingerprint density at radius 3 is 3.00 bits per heavy atom. The molecule has 2 aromatic rings.